The van der Waals surface area contributed by atoms with Crippen molar-refractivity contribution in [3.8, 4) is 6.07 Å². The van der Waals surface area contributed by atoms with Gasteiger partial charge in [0.25, 0.3) is 0 Å². The predicted molar refractivity (Wildman–Crippen MR) is 122 cm³/mol. The molecule has 0 unspecified atom stereocenters. The van der Waals surface area contributed by atoms with E-state index in [4.69, 9.17) is 4.98 Å². The molecule has 2 heterocycles. The minimum Gasteiger partial charge on any atom is -0.325 e. The van der Waals surface area contributed by atoms with Crippen LogP contribution in [-0.4, -0.2) is 20.5 Å². The second kappa shape index (κ2) is 8.21. The molecule has 0 fully saturated rings. The molecule has 0 saturated heterocycles. The molecule has 1 atom stereocenters. The molecule has 4 rings (SSSR count). The minimum absolute atomic E-state index is 0.0659. The third-order valence-corrected chi connectivity index (χ3v) is 6.21. The first-order chi connectivity index (χ1) is 14.5. The molecule has 4 aromatic rings. The lowest BCUT2D eigenvalue weighted by molar-refractivity contribution is -0.115. The topological polar surface area (TPSA) is 70.2 Å². The Hall–Kier alpha value is -3.30. The Balaban J connectivity index is 1.73. The Kier molecular flexibility index (Phi) is 5.47. The van der Waals surface area contributed by atoms with Gasteiger partial charge in [0.15, 0.2) is 5.65 Å². The van der Waals surface area contributed by atoms with Crippen molar-refractivity contribution in [2.45, 2.75) is 37.5 Å². The fourth-order valence-electron chi connectivity index (χ4n) is 3.45. The number of carbonyl (C=O) groups excluding carboxylic acids is 1. The summed E-state index contributed by atoms with van der Waals surface area (Å²) >= 11 is 1.47. The van der Waals surface area contributed by atoms with Gasteiger partial charge in [0.05, 0.1) is 26.9 Å². The smallest absolute Gasteiger partial charge is 0.237 e. The van der Waals surface area contributed by atoms with E-state index in [2.05, 4.69) is 11.4 Å². The summed E-state index contributed by atoms with van der Waals surface area (Å²) in [6.07, 6.45) is 0.722. The standard InChI is InChI=1S/C24H22N4OS/c1-4-17-13-22(30-16(3)24(29)26-18-11-9-15(2)10-12-18)28-21-8-6-5-7-20(21)27-23(28)19(17)14-25/h5-13,16H,4H2,1-3H3,(H,26,29)/t16-/m1/s1. The number of thioether (sulfide) groups is 1. The van der Waals surface area contributed by atoms with Crippen LogP contribution in [0.4, 0.5) is 5.69 Å². The predicted octanol–water partition coefficient (Wildman–Crippen LogP) is 5.35. The summed E-state index contributed by atoms with van der Waals surface area (Å²) < 4.78 is 1.99. The molecule has 30 heavy (non-hydrogen) atoms. The second-order valence-corrected chi connectivity index (χ2v) is 8.58. The van der Waals surface area contributed by atoms with E-state index in [0.29, 0.717) is 11.2 Å². The number of amides is 1. The number of fused-ring (bicyclic) bond motifs is 3. The van der Waals surface area contributed by atoms with E-state index in [1.807, 2.05) is 79.8 Å². The average molecular weight is 415 g/mol. The first-order valence-corrected chi connectivity index (χ1v) is 10.8. The van der Waals surface area contributed by atoms with Crippen molar-refractivity contribution in [1.29, 1.82) is 5.26 Å². The van der Waals surface area contributed by atoms with E-state index in [9.17, 15) is 10.1 Å². The maximum atomic E-state index is 12.8. The van der Waals surface area contributed by atoms with Gasteiger partial charge in [-0.15, -0.1) is 0 Å². The number of rotatable bonds is 5. The quantitative estimate of drug-likeness (QED) is 0.447. The molecule has 0 saturated carbocycles. The third-order valence-electron chi connectivity index (χ3n) is 5.10. The molecule has 0 radical (unpaired) electrons. The fraction of sp³-hybridized carbons (Fsp3) is 0.208. The normalized spacial score (nSPS) is 12.1. The van der Waals surface area contributed by atoms with Gasteiger partial charge in [-0.25, -0.2) is 4.98 Å². The van der Waals surface area contributed by atoms with Crippen LogP contribution in [0.15, 0.2) is 59.6 Å². The highest BCUT2D eigenvalue weighted by atomic mass is 32.2. The maximum Gasteiger partial charge on any atom is 0.237 e. The molecule has 0 aliphatic heterocycles. The van der Waals surface area contributed by atoms with Gasteiger partial charge < -0.3 is 5.32 Å². The number of nitrogens with zero attached hydrogens (tertiary/aromatic N) is 3. The summed E-state index contributed by atoms with van der Waals surface area (Å²) in [4.78, 5) is 17.5. The van der Waals surface area contributed by atoms with Gasteiger partial charge >= 0.3 is 0 Å². The van der Waals surface area contributed by atoms with Gasteiger partial charge in [-0.1, -0.05) is 48.5 Å². The minimum atomic E-state index is -0.326. The summed E-state index contributed by atoms with van der Waals surface area (Å²) in [6, 6.07) is 19.9. The number of aromatic nitrogens is 2. The van der Waals surface area contributed by atoms with Crippen molar-refractivity contribution in [3.63, 3.8) is 0 Å². The van der Waals surface area contributed by atoms with Gasteiger partial charge in [0.1, 0.15) is 6.07 Å². The largest absolute Gasteiger partial charge is 0.325 e. The van der Waals surface area contributed by atoms with Crippen molar-refractivity contribution < 1.29 is 4.79 Å². The number of nitriles is 1. The monoisotopic (exact) mass is 414 g/mol. The first kappa shape index (κ1) is 20.0. The molecular weight excluding hydrogens is 392 g/mol. The van der Waals surface area contributed by atoms with Gasteiger partial charge in [-0.2, -0.15) is 5.26 Å². The summed E-state index contributed by atoms with van der Waals surface area (Å²) in [7, 11) is 0. The Morgan fingerprint density at radius 3 is 2.67 bits per heavy atom. The van der Waals surface area contributed by atoms with Crippen molar-refractivity contribution in [2.75, 3.05) is 5.32 Å². The summed E-state index contributed by atoms with van der Waals surface area (Å²) in [6.45, 7) is 5.93. The van der Waals surface area contributed by atoms with Crippen molar-refractivity contribution in [3.05, 3.63) is 71.3 Å². The third kappa shape index (κ3) is 3.64. The Morgan fingerprint density at radius 1 is 1.23 bits per heavy atom. The highest BCUT2D eigenvalue weighted by Gasteiger charge is 2.21. The van der Waals surface area contributed by atoms with Gasteiger partial charge in [-0.3, -0.25) is 9.20 Å². The molecule has 5 nitrogen and oxygen atoms in total. The number of imidazole rings is 1. The number of para-hydroxylation sites is 2. The number of anilines is 1. The second-order valence-electron chi connectivity index (χ2n) is 7.22. The zero-order valence-corrected chi connectivity index (χ0v) is 18.0. The SMILES string of the molecule is CCc1cc(S[C@H](C)C(=O)Nc2ccc(C)cc2)n2c(nc3ccccc32)c1C#N. The van der Waals surface area contributed by atoms with E-state index >= 15 is 0 Å². The molecule has 0 spiro atoms. The van der Waals surface area contributed by atoms with Gasteiger partial charge in [-0.05, 0) is 56.2 Å². The van der Waals surface area contributed by atoms with Crippen LogP contribution >= 0.6 is 11.8 Å². The average Bonchev–Trinajstić information content (AvgIpc) is 3.14. The molecule has 0 bridgehead atoms. The van der Waals surface area contributed by atoms with E-state index in [-0.39, 0.29) is 11.2 Å². The molecule has 150 valence electrons. The first-order valence-electron chi connectivity index (χ1n) is 9.89. The highest BCUT2D eigenvalue weighted by molar-refractivity contribution is 8.00. The van der Waals surface area contributed by atoms with Crippen LogP contribution in [0.2, 0.25) is 0 Å². The number of nitrogens with one attached hydrogen (secondary N) is 1. The zero-order chi connectivity index (χ0) is 21.3. The summed E-state index contributed by atoms with van der Waals surface area (Å²) in [5, 5.41) is 13.3. The molecule has 0 aliphatic carbocycles. The van der Waals surface area contributed by atoms with E-state index in [1.165, 1.54) is 11.8 Å². The Labute approximate surface area is 179 Å². The Bertz CT molecular complexity index is 1280. The van der Waals surface area contributed by atoms with E-state index in [1.54, 1.807) is 0 Å². The molecule has 6 heteroatoms. The molecule has 2 aromatic carbocycles. The number of pyridine rings is 1. The van der Waals surface area contributed by atoms with Crippen molar-refractivity contribution in [1.82, 2.24) is 9.38 Å². The van der Waals surface area contributed by atoms with Crippen LogP contribution in [0.1, 0.15) is 30.5 Å². The number of aryl methyl sites for hydroxylation is 2. The molecule has 2 aromatic heterocycles. The zero-order valence-electron chi connectivity index (χ0n) is 17.1. The van der Waals surface area contributed by atoms with Gasteiger partial charge in [0.2, 0.25) is 5.91 Å². The lowest BCUT2D eigenvalue weighted by atomic mass is 10.1. The van der Waals surface area contributed by atoms with Gasteiger partial charge in [0, 0.05) is 5.69 Å². The van der Waals surface area contributed by atoms with Crippen LogP contribution in [0.25, 0.3) is 16.7 Å². The number of carbonyl (C=O) groups is 1. The lowest BCUT2D eigenvalue weighted by Crippen LogP contribution is -2.22. The van der Waals surface area contributed by atoms with Crippen molar-refractivity contribution in [2.24, 2.45) is 0 Å². The van der Waals surface area contributed by atoms with Crippen LogP contribution in [0.3, 0.4) is 0 Å². The Morgan fingerprint density at radius 2 is 1.97 bits per heavy atom. The van der Waals surface area contributed by atoms with Crippen LogP contribution < -0.4 is 5.32 Å². The fourth-order valence-corrected chi connectivity index (χ4v) is 4.48. The van der Waals surface area contributed by atoms with Crippen molar-refractivity contribution >= 4 is 40.0 Å². The highest BCUT2D eigenvalue weighted by Crippen LogP contribution is 2.32. The van der Waals surface area contributed by atoms with Crippen LogP contribution in [0, 0.1) is 18.3 Å². The number of benzene rings is 2. The number of hydrogen-bond acceptors (Lipinski definition) is 4. The summed E-state index contributed by atoms with van der Waals surface area (Å²) in [5.74, 6) is -0.0659. The number of hydrogen-bond donors (Lipinski definition) is 1. The maximum absolute atomic E-state index is 12.8. The van der Waals surface area contributed by atoms with E-state index < -0.39 is 0 Å². The molecule has 1 amide bonds. The van der Waals surface area contributed by atoms with Crippen LogP contribution in [-0.2, 0) is 11.2 Å². The molecule has 1 N–H and O–H groups in total. The molecule has 0 aliphatic rings. The van der Waals surface area contributed by atoms with E-state index in [0.717, 1.165) is 39.3 Å². The lowest BCUT2D eigenvalue weighted by Gasteiger charge is -2.15. The molecular formula is C24H22N4OS. The van der Waals surface area contributed by atoms with Crippen LogP contribution in [0.5, 0.6) is 0 Å². The summed E-state index contributed by atoms with van der Waals surface area (Å²) in [5.41, 5.74) is 5.87.